The van der Waals surface area contributed by atoms with E-state index in [1.54, 1.807) is 12.1 Å². The zero-order chi connectivity index (χ0) is 19.1. The van der Waals surface area contributed by atoms with Gasteiger partial charge in [-0.25, -0.2) is 8.78 Å². The van der Waals surface area contributed by atoms with Crippen molar-refractivity contribution in [2.24, 2.45) is 5.92 Å². The summed E-state index contributed by atoms with van der Waals surface area (Å²) in [5.74, 6) is 0.0193. The molecule has 3 heteroatoms. The van der Waals surface area contributed by atoms with Crippen molar-refractivity contribution in [1.29, 1.82) is 0 Å². The lowest BCUT2D eigenvalue weighted by Gasteiger charge is -2.35. The third-order valence-electron chi connectivity index (χ3n) is 6.65. The molecule has 1 nitrogen and oxygen atoms in total. The van der Waals surface area contributed by atoms with Crippen LogP contribution in [0, 0.1) is 31.4 Å². The van der Waals surface area contributed by atoms with Crippen LogP contribution in [0.1, 0.15) is 47.9 Å². The van der Waals surface area contributed by atoms with Crippen LogP contribution < -0.4 is 0 Å². The van der Waals surface area contributed by atoms with Crippen molar-refractivity contribution in [3.63, 3.8) is 0 Å². The van der Waals surface area contributed by atoms with E-state index < -0.39 is 0 Å². The first-order valence-electron chi connectivity index (χ1n) is 9.90. The molecule has 0 N–H and O–H groups in total. The first kappa shape index (κ1) is 18.4. The van der Waals surface area contributed by atoms with E-state index in [1.165, 1.54) is 25.0 Å². The number of hydrogen-bond donors (Lipinski definition) is 0. The average molecular weight is 367 g/mol. The molecule has 2 fully saturated rings. The molecule has 0 saturated carbocycles. The summed E-state index contributed by atoms with van der Waals surface area (Å²) in [6.45, 7) is 3.62. The quantitative estimate of drug-likeness (QED) is 0.654. The van der Waals surface area contributed by atoms with E-state index in [-0.39, 0.29) is 11.6 Å². The molecule has 2 heterocycles. The second kappa shape index (κ2) is 7.20. The van der Waals surface area contributed by atoms with E-state index in [1.807, 2.05) is 26.0 Å². The van der Waals surface area contributed by atoms with E-state index in [0.29, 0.717) is 29.1 Å². The van der Waals surface area contributed by atoms with Crippen LogP contribution in [-0.2, 0) is 0 Å². The van der Waals surface area contributed by atoms with Gasteiger partial charge in [0.1, 0.15) is 11.6 Å². The molecule has 0 radical (unpaired) electrons. The number of piperidine rings is 1. The van der Waals surface area contributed by atoms with Gasteiger partial charge in [-0.2, -0.15) is 0 Å². The third-order valence-corrected chi connectivity index (χ3v) is 6.65. The average Bonchev–Trinajstić information content (AvgIpc) is 2.86. The van der Waals surface area contributed by atoms with Crippen LogP contribution >= 0.6 is 0 Å². The Morgan fingerprint density at radius 1 is 0.889 bits per heavy atom. The van der Waals surface area contributed by atoms with Crippen LogP contribution in [0.15, 0.2) is 42.5 Å². The molecule has 2 saturated heterocycles. The van der Waals surface area contributed by atoms with Gasteiger partial charge < -0.3 is 4.90 Å². The monoisotopic (exact) mass is 367 g/mol. The van der Waals surface area contributed by atoms with Gasteiger partial charge in [-0.15, -0.1) is 0 Å². The number of halogens is 2. The predicted octanol–water partition coefficient (Wildman–Crippen LogP) is 5.89. The summed E-state index contributed by atoms with van der Waals surface area (Å²) < 4.78 is 28.6. The smallest absolute Gasteiger partial charge is 0.126 e. The molecule has 0 aromatic heterocycles. The molecule has 3 atom stereocenters. The summed E-state index contributed by atoms with van der Waals surface area (Å²) in [5.41, 5.74) is 3.97. The van der Waals surface area contributed by atoms with Crippen LogP contribution in [0.5, 0.6) is 0 Å². The molecular weight excluding hydrogens is 340 g/mol. The van der Waals surface area contributed by atoms with E-state index in [4.69, 9.17) is 0 Å². The molecule has 2 aliphatic heterocycles. The summed E-state index contributed by atoms with van der Waals surface area (Å²) in [6.07, 6.45) is 7.07. The maximum Gasteiger partial charge on any atom is 0.126 e. The number of rotatable bonds is 3. The minimum atomic E-state index is -0.212. The molecule has 0 amide bonds. The Morgan fingerprint density at radius 2 is 1.37 bits per heavy atom. The fourth-order valence-electron chi connectivity index (χ4n) is 4.95. The fraction of sp³-hybridized carbons (Fsp3) is 0.417. The minimum Gasteiger partial charge on any atom is -0.300 e. The number of allylic oxidation sites excluding steroid dienone is 1. The highest BCUT2D eigenvalue weighted by molar-refractivity contribution is 5.83. The summed E-state index contributed by atoms with van der Waals surface area (Å²) >= 11 is 0. The third kappa shape index (κ3) is 3.34. The molecule has 0 spiro atoms. The van der Waals surface area contributed by atoms with Crippen LogP contribution in [0.2, 0.25) is 0 Å². The van der Waals surface area contributed by atoms with Crippen molar-refractivity contribution in [3.8, 4) is 0 Å². The first-order chi connectivity index (χ1) is 13.0. The van der Waals surface area contributed by atoms with Gasteiger partial charge in [0.2, 0.25) is 0 Å². The van der Waals surface area contributed by atoms with Gasteiger partial charge in [0.25, 0.3) is 0 Å². The molecule has 2 bridgehead atoms. The summed E-state index contributed by atoms with van der Waals surface area (Å²) in [4.78, 5) is 2.52. The van der Waals surface area contributed by atoms with E-state index in [2.05, 4.69) is 18.0 Å². The number of benzene rings is 2. The first-order valence-corrected chi connectivity index (χ1v) is 9.90. The van der Waals surface area contributed by atoms with Crippen molar-refractivity contribution >= 4 is 5.57 Å². The predicted molar refractivity (Wildman–Crippen MR) is 107 cm³/mol. The lowest BCUT2D eigenvalue weighted by Crippen LogP contribution is -2.39. The summed E-state index contributed by atoms with van der Waals surface area (Å²) in [5, 5.41) is 0. The molecule has 0 unspecified atom stereocenters. The van der Waals surface area contributed by atoms with E-state index in [9.17, 15) is 8.78 Å². The molecule has 142 valence electrons. The number of hydrogen-bond acceptors (Lipinski definition) is 1. The summed E-state index contributed by atoms with van der Waals surface area (Å²) in [7, 11) is 2.23. The normalized spacial score (nSPS) is 24.9. The van der Waals surface area contributed by atoms with Gasteiger partial charge in [0.05, 0.1) is 0 Å². The molecule has 27 heavy (non-hydrogen) atoms. The highest BCUT2D eigenvalue weighted by Gasteiger charge is 2.37. The van der Waals surface area contributed by atoms with Gasteiger partial charge in [-0.3, -0.25) is 0 Å². The lowest BCUT2D eigenvalue weighted by atomic mass is 9.84. The maximum atomic E-state index is 14.3. The Labute approximate surface area is 160 Å². The van der Waals surface area contributed by atoms with Crippen LogP contribution in [0.4, 0.5) is 8.78 Å². The van der Waals surface area contributed by atoms with Gasteiger partial charge in [0, 0.05) is 12.1 Å². The maximum absolute atomic E-state index is 14.3. The Kier molecular flexibility index (Phi) is 4.90. The Bertz CT molecular complexity index is 818. The molecule has 0 aliphatic carbocycles. The lowest BCUT2D eigenvalue weighted by molar-refractivity contribution is 0.152. The Morgan fingerprint density at radius 3 is 1.85 bits per heavy atom. The van der Waals surface area contributed by atoms with Crippen molar-refractivity contribution in [2.45, 2.75) is 51.6 Å². The summed E-state index contributed by atoms with van der Waals surface area (Å²) in [6, 6.07) is 11.7. The fourth-order valence-corrected chi connectivity index (χ4v) is 4.95. The molecule has 2 aromatic rings. The van der Waals surface area contributed by atoms with Crippen LogP contribution in [-0.4, -0.2) is 24.0 Å². The van der Waals surface area contributed by atoms with Gasteiger partial charge in [-0.1, -0.05) is 30.3 Å². The second-order valence-electron chi connectivity index (χ2n) is 8.19. The molecule has 4 rings (SSSR count). The SMILES string of the molecule is Cc1c(F)cccc1C(=C[C@H]1C[C@H]2CC[C@@H](C1)N2C)c1cccc(F)c1C. The van der Waals surface area contributed by atoms with Gasteiger partial charge in [0.15, 0.2) is 0 Å². The highest BCUT2D eigenvalue weighted by atomic mass is 19.1. The minimum absolute atomic E-state index is 0.212. The second-order valence-corrected chi connectivity index (χ2v) is 8.19. The van der Waals surface area contributed by atoms with Crippen molar-refractivity contribution < 1.29 is 8.78 Å². The zero-order valence-electron chi connectivity index (χ0n) is 16.3. The highest BCUT2D eigenvalue weighted by Crippen LogP contribution is 2.40. The molecule has 2 aliphatic rings. The topological polar surface area (TPSA) is 3.24 Å². The largest absolute Gasteiger partial charge is 0.300 e. The Hall–Kier alpha value is -2.00. The number of fused-ring (bicyclic) bond motifs is 2. The molecule has 2 aromatic carbocycles. The van der Waals surface area contributed by atoms with Crippen molar-refractivity contribution in [2.75, 3.05) is 7.05 Å². The van der Waals surface area contributed by atoms with Gasteiger partial charge in [-0.05, 0) is 92.5 Å². The Balaban J connectivity index is 1.81. The van der Waals surface area contributed by atoms with E-state index >= 15 is 0 Å². The van der Waals surface area contributed by atoms with Crippen LogP contribution in [0.3, 0.4) is 0 Å². The van der Waals surface area contributed by atoms with Crippen molar-refractivity contribution in [3.05, 3.63) is 76.4 Å². The zero-order valence-corrected chi connectivity index (χ0v) is 16.3. The van der Waals surface area contributed by atoms with Crippen molar-refractivity contribution in [1.82, 2.24) is 4.90 Å². The van der Waals surface area contributed by atoms with Gasteiger partial charge >= 0.3 is 0 Å². The van der Waals surface area contributed by atoms with Crippen LogP contribution in [0.25, 0.3) is 5.57 Å². The molecular formula is C24H27F2N. The van der Waals surface area contributed by atoms with E-state index in [0.717, 1.165) is 29.5 Å². The number of nitrogens with zero attached hydrogens (tertiary/aromatic N) is 1. The standard InChI is InChI=1S/C24H27F2N/c1-15-20(6-4-8-23(15)25)22(21-7-5-9-24(26)16(21)2)14-17-12-18-10-11-19(13-17)27(18)3/h4-9,14,17-19H,10-13H2,1-3H3/t17-,18+,19-.